The average molecular weight is 468 g/mol. The van der Waals surface area contributed by atoms with Gasteiger partial charge in [0, 0.05) is 38.2 Å². The fraction of sp³-hybridized carbons (Fsp3) is 0.700. The lowest BCUT2D eigenvalue weighted by Gasteiger charge is -2.50. The second-order valence-corrected chi connectivity index (χ2v) is 14.1. The highest BCUT2D eigenvalue weighted by Gasteiger charge is 2.49. The quantitative estimate of drug-likeness (QED) is 0.323. The van der Waals surface area contributed by atoms with E-state index in [4.69, 9.17) is 4.84 Å². The van der Waals surface area contributed by atoms with E-state index < -0.39 is 0 Å². The molecule has 34 heavy (non-hydrogen) atoms. The van der Waals surface area contributed by atoms with E-state index >= 15 is 0 Å². The minimum absolute atomic E-state index is 0.0209. The molecule has 1 aliphatic carbocycles. The van der Waals surface area contributed by atoms with Crippen molar-refractivity contribution in [2.75, 3.05) is 20.6 Å². The molecule has 0 spiro atoms. The van der Waals surface area contributed by atoms with Gasteiger partial charge in [-0.3, -0.25) is 0 Å². The Balaban J connectivity index is 1.94. The molecular weight excluding hydrogens is 418 g/mol. The predicted octanol–water partition coefficient (Wildman–Crippen LogP) is 7.38. The molecule has 4 heteroatoms. The average Bonchev–Trinajstić information content (AvgIpc) is 3.00. The summed E-state index contributed by atoms with van der Waals surface area (Å²) in [6, 6.07) is 9.44. The number of benzene rings is 1. The predicted molar refractivity (Wildman–Crippen MR) is 146 cm³/mol. The second-order valence-electron chi connectivity index (χ2n) is 14.1. The SMILES string of the molecule is CN1CC2=C(c3ccccc3C2C(C)(C)C)C(C(C)(C)CCC(C)(C)O/N=C/C(C)(C)C)N1C. The minimum Gasteiger partial charge on any atom is -0.390 e. The normalized spacial score (nSPS) is 22.9. The van der Waals surface area contributed by atoms with E-state index in [0.717, 1.165) is 19.4 Å². The van der Waals surface area contributed by atoms with Crippen LogP contribution in [0.4, 0.5) is 0 Å². The van der Waals surface area contributed by atoms with Crippen LogP contribution >= 0.6 is 0 Å². The monoisotopic (exact) mass is 467 g/mol. The van der Waals surface area contributed by atoms with Crippen molar-refractivity contribution >= 4 is 11.8 Å². The van der Waals surface area contributed by atoms with Gasteiger partial charge in [0.05, 0.1) is 6.04 Å². The molecule has 1 aliphatic heterocycles. The molecule has 2 aliphatic rings. The van der Waals surface area contributed by atoms with Gasteiger partial charge in [0.15, 0.2) is 0 Å². The molecule has 0 fully saturated rings. The van der Waals surface area contributed by atoms with E-state index in [1.807, 2.05) is 6.21 Å². The molecular formula is C30H49N3O. The lowest BCUT2D eigenvalue weighted by molar-refractivity contribution is -0.0571. The summed E-state index contributed by atoms with van der Waals surface area (Å²) < 4.78 is 0. The fourth-order valence-electron chi connectivity index (χ4n) is 5.77. The maximum atomic E-state index is 5.97. The summed E-state index contributed by atoms with van der Waals surface area (Å²) in [5.41, 5.74) is 6.08. The van der Waals surface area contributed by atoms with Gasteiger partial charge in [-0.25, -0.2) is 10.0 Å². The van der Waals surface area contributed by atoms with E-state index in [1.54, 1.807) is 11.1 Å². The third-order valence-electron chi connectivity index (χ3n) is 7.56. The van der Waals surface area contributed by atoms with Crippen molar-refractivity contribution in [2.45, 2.75) is 99.6 Å². The fourth-order valence-corrected chi connectivity index (χ4v) is 5.77. The van der Waals surface area contributed by atoms with Crippen LogP contribution in [0.2, 0.25) is 0 Å². The molecule has 2 atom stereocenters. The Morgan fingerprint density at radius 2 is 1.56 bits per heavy atom. The molecule has 0 aromatic heterocycles. The molecule has 0 saturated carbocycles. The van der Waals surface area contributed by atoms with Gasteiger partial charge in [0.1, 0.15) is 5.60 Å². The Kier molecular flexibility index (Phi) is 7.21. The summed E-state index contributed by atoms with van der Waals surface area (Å²) in [5, 5.41) is 9.22. The first-order valence-electron chi connectivity index (χ1n) is 12.9. The Morgan fingerprint density at radius 1 is 0.941 bits per heavy atom. The molecule has 0 radical (unpaired) electrons. The van der Waals surface area contributed by atoms with Gasteiger partial charge in [-0.15, -0.1) is 0 Å². The molecule has 190 valence electrons. The zero-order valence-electron chi connectivity index (χ0n) is 23.9. The van der Waals surface area contributed by atoms with E-state index in [9.17, 15) is 0 Å². The topological polar surface area (TPSA) is 28.1 Å². The molecule has 3 rings (SSSR count). The summed E-state index contributed by atoms with van der Waals surface area (Å²) in [5.74, 6) is 0.458. The van der Waals surface area contributed by atoms with Crippen LogP contribution in [0.3, 0.4) is 0 Å². The molecule has 0 amide bonds. The zero-order chi connectivity index (χ0) is 25.7. The van der Waals surface area contributed by atoms with Gasteiger partial charge in [0.25, 0.3) is 0 Å². The first kappa shape index (κ1) is 26.9. The molecule has 1 aromatic carbocycles. The summed E-state index contributed by atoms with van der Waals surface area (Å²) in [7, 11) is 4.50. The number of nitrogens with zero attached hydrogens (tertiary/aromatic N) is 3. The van der Waals surface area contributed by atoms with Crippen molar-refractivity contribution < 1.29 is 4.84 Å². The number of rotatable bonds is 6. The Bertz CT molecular complexity index is 943. The van der Waals surface area contributed by atoms with E-state index in [0.29, 0.717) is 12.0 Å². The van der Waals surface area contributed by atoms with Crippen LogP contribution in [0.25, 0.3) is 5.57 Å². The molecule has 1 aromatic rings. The third-order valence-corrected chi connectivity index (χ3v) is 7.56. The van der Waals surface area contributed by atoms with Crippen molar-refractivity contribution in [2.24, 2.45) is 21.4 Å². The first-order chi connectivity index (χ1) is 15.4. The first-order valence-corrected chi connectivity index (χ1v) is 12.9. The molecule has 0 N–H and O–H groups in total. The van der Waals surface area contributed by atoms with Crippen LogP contribution < -0.4 is 0 Å². The number of fused-ring (bicyclic) bond motifs is 2. The number of oxime groups is 1. The maximum Gasteiger partial charge on any atom is 0.132 e. The van der Waals surface area contributed by atoms with Crippen LogP contribution in [0.15, 0.2) is 35.0 Å². The van der Waals surface area contributed by atoms with Crippen molar-refractivity contribution in [3.05, 3.63) is 41.0 Å². The van der Waals surface area contributed by atoms with Crippen LogP contribution in [0, 0.1) is 16.2 Å². The molecule has 2 unspecified atom stereocenters. The van der Waals surface area contributed by atoms with Crippen molar-refractivity contribution in [1.82, 2.24) is 10.0 Å². The molecule has 1 heterocycles. The largest absolute Gasteiger partial charge is 0.390 e. The Hall–Kier alpha value is -1.65. The van der Waals surface area contributed by atoms with Gasteiger partial charge in [-0.2, -0.15) is 0 Å². The van der Waals surface area contributed by atoms with Crippen LogP contribution in [-0.4, -0.2) is 48.5 Å². The second kappa shape index (κ2) is 9.09. The van der Waals surface area contributed by atoms with Crippen molar-refractivity contribution in [3.8, 4) is 0 Å². The number of likely N-dealkylation sites (N-methyl/N-ethyl adjacent to an activating group) is 2. The van der Waals surface area contributed by atoms with Gasteiger partial charge >= 0.3 is 0 Å². The number of hydrogen-bond acceptors (Lipinski definition) is 4. The Labute approximate surface area is 209 Å². The van der Waals surface area contributed by atoms with Crippen LogP contribution in [0.5, 0.6) is 0 Å². The minimum atomic E-state index is -0.309. The van der Waals surface area contributed by atoms with Crippen molar-refractivity contribution in [1.29, 1.82) is 0 Å². The standard InChI is InChI=1S/C30H49N3O/c1-27(2,3)20-31-34-30(9,10)18-17-29(7,8)26-24-21-15-13-14-16-22(21)25(28(4,5)6)23(24)19-32(11)33(26)12/h13-16,20,25-26H,17-19H2,1-12H3/b31-20+. The van der Waals surface area contributed by atoms with E-state index in [-0.39, 0.29) is 21.8 Å². The summed E-state index contributed by atoms with van der Waals surface area (Å²) in [6.07, 6.45) is 3.90. The molecule has 0 saturated heterocycles. The number of hydrazine groups is 1. The third kappa shape index (κ3) is 5.60. The van der Waals surface area contributed by atoms with E-state index in [1.165, 1.54) is 11.1 Å². The number of hydrogen-bond donors (Lipinski definition) is 0. The summed E-state index contributed by atoms with van der Waals surface area (Å²) in [4.78, 5) is 5.97. The van der Waals surface area contributed by atoms with Gasteiger partial charge in [0.2, 0.25) is 0 Å². The van der Waals surface area contributed by atoms with Crippen molar-refractivity contribution in [3.63, 3.8) is 0 Å². The van der Waals surface area contributed by atoms with Gasteiger partial charge in [-0.05, 0) is 59.8 Å². The van der Waals surface area contributed by atoms with Gasteiger partial charge in [-0.1, -0.05) is 84.8 Å². The van der Waals surface area contributed by atoms with E-state index in [2.05, 4.69) is 123 Å². The lowest BCUT2D eigenvalue weighted by Crippen LogP contribution is -2.55. The van der Waals surface area contributed by atoms with Gasteiger partial charge < -0.3 is 4.84 Å². The highest BCUT2D eigenvalue weighted by molar-refractivity contribution is 5.83. The van der Waals surface area contributed by atoms with Crippen LogP contribution in [0.1, 0.15) is 99.1 Å². The molecule has 4 nitrogen and oxygen atoms in total. The maximum absolute atomic E-state index is 5.97. The van der Waals surface area contributed by atoms with Crippen LogP contribution in [-0.2, 0) is 4.84 Å². The molecule has 0 bridgehead atoms. The lowest BCUT2D eigenvalue weighted by atomic mass is 9.71. The zero-order valence-corrected chi connectivity index (χ0v) is 23.9. The summed E-state index contributed by atoms with van der Waals surface area (Å²) >= 11 is 0. The smallest absolute Gasteiger partial charge is 0.132 e. The Morgan fingerprint density at radius 3 is 2.15 bits per heavy atom. The summed E-state index contributed by atoms with van der Waals surface area (Å²) in [6.45, 7) is 23.8. The highest BCUT2D eigenvalue weighted by Crippen LogP contribution is 2.56. The highest BCUT2D eigenvalue weighted by atomic mass is 16.6.